The Balaban J connectivity index is 1.49. The second-order valence-corrected chi connectivity index (χ2v) is 12.2. The van der Waals surface area contributed by atoms with Crippen molar-refractivity contribution in [3.63, 3.8) is 0 Å². The van der Waals surface area contributed by atoms with Crippen LogP contribution in [0, 0.1) is 11.8 Å². The molecule has 4 aromatic carbocycles. The minimum absolute atomic E-state index is 0.124. The van der Waals surface area contributed by atoms with Crippen LogP contribution in [0.4, 0.5) is 17.1 Å². The van der Waals surface area contributed by atoms with Gasteiger partial charge in [0, 0.05) is 53.4 Å². The summed E-state index contributed by atoms with van der Waals surface area (Å²) in [4.78, 5) is 53.9. The molecule has 9 heteroatoms. The molecule has 0 spiro atoms. The summed E-state index contributed by atoms with van der Waals surface area (Å²) in [6, 6.07) is 31.1. The van der Waals surface area contributed by atoms with Gasteiger partial charge < -0.3 is 25.5 Å². The molecule has 0 atom stereocenters. The maximum absolute atomic E-state index is 13.8. The van der Waals surface area contributed by atoms with Crippen molar-refractivity contribution in [1.82, 2.24) is 5.32 Å². The number of hydrogen-bond acceptors (Lipinski definition) is 5. The van der Waals surface area contributed by atoms with Crippen molar-refractivity contribution in [2.75, 3.05) is 34.8 Å². The molecule has 9 nitrogen and oxygen atoms in total. The lowest BCUT2D eigenvalue weighted by Crippen LogP contribution is -2.35. The zero-order chi connectivity index (χ0) is 33.9. The average molecular weight is 635 g/mol. The van der Waals surface area contributed by atoms with Crippen LogP contribution >= 0.6 is 0 Å². The van der Waals surface area contributed by atoms with Crippen LogP contribution in [-0.4, -0.2) is 48.4 Å². The summed E-state index contributed by atoms with van der Waals surface area (Å²) in [5, 5.41) is 14.5. The van der Waals surface area contributed by atoms with Gasteiger partial charge in [-0.3, -0.25) is 19.2 Å². The maximum Gasteiger partial charge on any atom is 0.322 e. The number of carbonyl (C=O) groups is 4. The molecule has 0 aliphatic carbocycles. The molecule has 0 aliphatic rings. The van der Waals surface area contributed by atoms with Gasteiger partial charge in [0.25, 0.3) is 17.7 Å². The van der Waals surface area contributed by atoms with E-state index in [1.807, 2.05) is 56.3 Å². The maximum atomic E-state index is 13.8. The first kappa shape index (κ1) is 34.4. The van der Waals surface area contributed by atoms with Gasteiger partial charge in [0.05, 0.1) is 0 Å². The number of carboxylic acids is 1. The summed E-state index contributed by atoms with van der Waals surface area (Å²) in [6.45, 7) is 9.29. The number of rotatable bonds is 14. The van der Waals surface area contributed by atoms with Gasteiger partial charge in [-0.15, -0.1) is 0 Å². The minimum Gasteiger partial charge on any atom is -0.480 e. The van der Waals surface area contributed by atoms with Crippen molar-refractivity contribution in [3.05, 3.63) is 125 Å². The summed E-state index contributed by atoms with van der Waals surface area (Å²) in [7, 11) is 0. The van der Waals surface area contributed by atoms with E-state index >= 15 is 0 Å². The summed E-state index contributed by atoms with van der Waals surface area (Å²) in [5.41, 5.74) is 4.72. The average Bonchev–Trinajstić information content (AvgIpc) is 3.07. The van der Waals surface area contributed by atoms with Crippen LogP contribution in [-0.2, 0) is 11.3 Å². The monoisotopic (exact) mass is 634 g/mol. The van der Waals surface area contributed by atoms with Gasteiger partial charge in [0.15, 0.2) is 0 Å². The number of benzene rings is 4. The summed E-state index contributed by atoms with van der Waals surface area (Å²) in [6.07, 6.45) is 0. The molecule has 0 saturated carbocycles. The third kappa shape index (κ3) is 9.77. The first-order valence-corrected chi connectivity index (χ1v) is 15.7. The highest BCUT2D eigenvalue weighted by Crippen LogP contribution is 2.24. The standard InChI is InChI=1S/C38H42N4O5/c1-26(2)24-41(33-18-12-29(13-19-33)36(45)40-23-35(43)44)38(47)31-14-20-34(21-15-31)42(25-27(3)4)37(46)30-10-16-32(17-11-30)39-22-28-8-6-5-7-9-28/h5-21,26-27,39H,22-25H2,1-4H3,(H,40,45)(H,43,44). The quantitative estimate of drug-likeness (QED) is 0.142. The molecular formula is C38H42N4O5. The number of hydrogen-bond donors (Lipinski definition) is 3. The van der Waals surface area contributed by atoms with Gasteiger partial charge in [-0.25, -0.2) is 0 Å². The highest BCUT2D eigenvalue weighted by Gasteiger charge is 2.22. The lowest BCUT2D eigenvalue weighted by atomic mass is 10.1. The van der Waals surface area contributed by atoms with Crippen molar-refractivity contribution >= 4 is 40.8 Å². The minimum atomic E-state index is -1.13. The number of carboxylic acid groups (broad SMARTS) is 1. The molecular weight excluding hydrogens is 592 g/mol. The van der Waals surface area contributed by atoms with E-state index in [4.69, 9.17) is 5.11 Å². The zero-order valence-corrected chi connectivity index (χ0v) is 27.3. The Morgan fingerprint density at radius 1 is 0.617 bits per heavy atom. The predicted octanol–water partition coefficient (Wildman–Crippen LogP) is 6.72. The van der Waals surface area contributed by atoms with Crippen molar-refractivity contribution in [1.29, 1.82) is 0 Å². The number of anilines is 3. The molecule has 244 valence electrons. The SMILES string of the molecule is CC(C)CN(C(=O)c1ccc(N(CC(C)C)C(=O)c2ccc(NCc3ccccc3)cc2)cc1)c1ccc(C(=O)NCC(=O)O)cc1. The second-order valence-electron chi connectivity index (χ2n) is 12.2. The van der Waals surface area contributed by atoms with E-state index in [9.17, 15) is 19.2 Å². The van der Waals surface area contributed by atoms with E-state index in [1.165, 1.54) is 5.56 Å². The van der Waals surface area contributed by atoms with Gasteiger partial charge in [0.2, 0.25) is 0 Å². The molecule has 0 saturated heterocycles. The number of nitrogens with one attached hydrogen (secondary N) is 2. The van der Waals surface area contributed by atoms with E-state index in [-0.39, 0.29) is 23.7 Å². The Bertz CT molecular complexity index is 1650. The van der Waals surface area contributed by atoms with Gasteiger partial charge >= 0.3 is 5.97 Å². The smallest absolute Gasteiger partial charge is 0.322 e. The van der Waals surface area contributed by atoms with Crippen molar-refractivity contribution < 1.29 is 24.3 Å². The van der Waals surface area contributed by atoms with E-state index in [1.54, 1.807) is 58.3 Å². The molecule has 3 amide bonds. The third-order valence-corrected chi connectivity index (χ3v) is 7.32. The second kappa shape index (κ2) is 16.2. The normalized spacial score (nSPS) is 10.9. The Hall–Kier alpha value is -5.44. The fraction of sp³-hybridized carbons (Fsp3) is 0.263. The van der Waals surface area contributed by atoms with E-state index in [2.05, 4.69) is 36.6 Å². The first-order valence-electron chi connectivity index (χ1n) is 15.7. The molecule has 47 heavy (non-hydrogen) atoms. The van der Waals surface area contributed by atoms with Crippen LogP contribution < -0.4 is 20.4 Å². The van der Waals surface area contributed by atoms with Crippen molar-refractivity contribution in [2.24, 2.45) is 11.8 Å². The van der Waals surface area contributed by atoms with Crippen LogP contribution in [0.2, 0.25) is 0 Å². The van der Waals surface area contributed by atoms with Crippen molar-refractivity contribution in [2.45, 2.75) is 34.2 Å². The number of amides is 3. The van der Waals surface area contributed by atoms with E-state index < -0.39 is 18.4 Å². The van der Waals surface area contributed by atoms with Crippen LogP contribution in [0.15, 0.2) is 103 Å². The number of nitrogens with zero attached hydrogens (tertiary/aromatic N) is 2. The molecule has 0 unspecified atom stereocenters. The highest BCUT2D eigenvalue weighted by atomic mass is 16.4. The molecule has 3 N–H and O–H groups in total. The van der Waals surface area contributed by atoms with Crippen LogP contribution in [0.25, 0.3) is 0 Å². The van der Waals surface area contributed by atoms with E-state index in [0.29, 0.717) is 47.7 Å². The number of aliphatic carboxylic acids is 1. The van der Waals surface area contributed by atoms with Gasteiger partial charge in [-0.1, -0.05) is 58.0 Å². The molecule has 0 radical (unpaired) electrons. The van der Waals surface area contributed by atoms with Crippen LogP contribution in [0.1, 0.15) is 64.3 Å². The molecule has 0 heterocycles. The summed E-state index contributed by atoms with van der Waals surface area (Å²) in [5.74, 6) is -1.60. The van der Waals surface area contributed by atoms with Crippen LogP contribution in [0.5, 0.6) is 0 Å². The molecule has 4 rings (SSSR count). The first-order chi connectivity index (χ1) is 22.5. The van der Waals surface area contributed by atoms with Gasteiger partial charge in [-0.2, -0.15) is 0 Å². The van der Waals surface area contributed by atoms with Gasteiger partial charge in [0.1, 0.15) is 6.54 Å². The topological polar surface area (TPSA) is 119 Å². The Kier molecular flexibility index (Phi) is 11.9. The fourth-order valence-electron chi connectivity index (χ4n) is 5.02. The Morgan fingerprint density at radius 3 is 1.51 bits per heavy atom. The predicted molar refractivity (Wildman–Crippen MR) is 186 cm³/mol. The van der Waals surface area contributed by atoms with Crippen molar-refractivity contribution in [3.8, 4) is 0 Å². The largest absolute Gasteiger partial charge is 0.480 e. The molecule has 0 aliphatic heterocycles. The molecule has 4 aromatic rings. The fourth-order valence-corrected chi connectivity index (χ4v) is 5.02. The molecule has 0 bridgehead atoms. The third-order valence-electron chi connectivity index (χ3n) is 7.32. The van der Waals surface area contributed by atoms with E-state index in [0.717, 1.165) is 5.69 Å². The Morgan fingerprint density at radius 2 is 1.06 bits per heavy atom. The summed E-state index contributed by atoms with van der Waals surface area (Å²) < 4.78 is 0. The summed E-state index contributed by atoms with van der Waals surface area (Å²) >= 11 is 0. The highest BCUT2D eigenvalue weighted by molar-refractivity contribution is 6.08. The number of carbonyl (C=O) groups excluding carboxylic acids is 3. The lowest BCUT2D eigenvalue weighted by molar-refractivity contribution is -0.135. The Labute approximate surface area is 276 Å². The molecule has 0 aromatic heterocycles. The lowest BCUT2D eigenvalue weighted by Gasteiger charge is -2.27. The van der Waals surface area contributed by atoms with Crippen LogP contribution in [0.3, 0.4) is 0 Å². The molecule has 0 fully saturated rings. The zero-order valence-electron chi connectivity index (χ0n) is 27.3. The van der Waals surface area contributed by atoms with Gasteiger partial charge in [-0.05, 0) is 90.2 Å².